The zero-order chi connectivity index (χ0) is 10.9. The van der Waals surface area contributed by atoms with Crippen LogP contribution in [0, 0.1) is 0 Å². The molecule has 0 aliphatic rings. The summed E-state index contributed by atoms with van der Waals surface area (Å²) >= 11 is 5.54. The number of anilines is 1. The van der Waals surface area contributed by atoms with Gasteiger partial charge in [0.2, 0.25) is 0 Å². The third-order valence-corrected chi connectivity index (χ3v) is 2.18. The molecule has 0 fully saturated rings. The van der Waals surface area contributed by atoms with Gasteiger partial charge in [-0.15, -0.1) is 36.4 Å². The molecule has 1 rings (SSSR count). The monoisotopic (exact) mass is 300 g/mol. The maximum absolute atomic E-state index is 5.54. The van der Waals surface area contributed by atoms with Crippen molar-refractivity contribution in [1.82, 2.24) is 5.32 Å². The second-order valence-corrected chi connectivity index (χ2v) is 3.44. The van der Waals surface area contributed by atoms with E-state index in [-0.39, 0.29) is 24.8 Å². The Morgan fingerprint density at radius 1 is 1.12 bits per heavy atom. The summed E-state index contributed by atoms with van der Waals surface area (Å²) < 4.78 is 5.22. The maximum atomic E-state index is 5.54. The van der Waals surface area contributed by atoms with Crippen LogP contribution in [-0.2, 0) is 0 Å². The largest absolute Gasteiger partial charge is 0.495 e. The minimum absolute atomic E-state index is 0. The average molecular weight is 302 g/mol. The van der Waals surface area contributed by atoms with Gasteiger partial charge in [0, 0.05) is 25.5 Å². The molecule has 100 valence electrons. The minimum atomic E-state index is 0. The van der Waals surface area contributed by atoms with Crippen LogP contribution < -0.4 is 15.4 Å². The van der Waals surface area contributed by atoms with Crippen molar-refractivity contribution in [2.24, 2.45) is 0 Å². The first-order valence-electron chi connectivity index (χ1n) is 5.02. The number of benzene rings is 1. The van der Waals surface area contributed by atoms with Crippen LogP contribution in [0.1, 0.15) is 0 Å². The zero-order valence-electron chi connectivity index (χ0n) is 9.74. The normalized spacial score (nSPS) is 8.82. The van der Waals surface area contributed by atoms with E-state index in [2.05, 4.69) is 10.6 Å². The molecule has 0 saturated carbocycles. The topological polar surface area (TPSA) is 33.3 Å². The van der Waals surface area contributed by atoms with Gasteiger partial charge in [-0.3, -0.25) is 0 Å². The molecule has 0 saturated heterocycles. The van der Waals surface area contributed by atoms with Gasteiger partial charge in [-0.05, 0) is 12.1 Å². The van der Waals surface area contributed by atoms with Gasteiger partial charge < -0.3 is 15.4 Å². The van der Waals surface area contributed by atoms with Gasteiger partial charge in [-0.2, -0.15) is 0 Å². The Hall–Kier alpha value is -0.350. The first-order valence-corrected chi connectivity index (χ1v) is 5.55. The Labute approximate surface area is 120 Å². The average Bonchev–Trinajstić information content (AvgIpc) is 2.29. The molecular formula is C11H19Cl3N2O. The molecule has 0 spiro atoms. The highest BCUT2D eigenvalue weighted by atomic mass is 35.5. The summed E-state index contributed by atoms with van der Waals surface area (Å²) in [5.74, 6) is 1.52. The van der Waals surface area contributed by atoms with E-state index in [1.807, 2.05) is 24.3 Å². The van der Waals surface area contributed by atoms with E-state index in [0.717, 1.165) is 31.1 Å². The van der Waals surface area contributed by atoms with Gasteiger partial charge >= 0.3 is 0 Å². The highest BCUT2D eigenvalue weighted by molar-refractivity contribution is 6.18. The van der Waals surface area contributed by atoms with Crippen LogP contribution in [0.25, 0.3) is 0 Å². The Morgan fingerprint density at radius 3 is 2.47 bits per heavy atom. The molecule has 0 aliphatic carbocycles. The van der Waals surface area contributed by atoms with Crippen LogP contribution in [0.2, 0.25) is 0 Å². The quantitative estimate of drug-likeness (QED) is 0.600. The van der Waals surface area contributed by atoms with Crippen molar-refractivity contribution in [2.75, 3.05) is 37.9 Å². The van der Waals surface area contributed by atoms with Gasteiger partial charge in [0.1, 0.15) is 5.75 Å². The fraction of sp³-hybridized carbons (Fsp3) is 0.455. The van der Waals surface area contributed by atoms with Crippen molar-refractivity contribution in [2.45, 2.75) is 0 Å². The molecule has 0 aliphatic heterocycles. The molecule has 0 heterocycles. The standard InChI is InChI=1S/C11H17ClN2O.2ClH/c1-15-11-5-3-2-4-10(11)14-9-8-13-7-6-12;;/h2-5,13-14H,6-9H2,1H3;2*1H. The first-order chi connectivity index (χ1) is 7.38. The Balaban J connectivity index is 0. The van der Waals surface area contributed by atoms with Crippen molar-refractivity contribution in [3.8, 4) is 5.75 Å². The molecule has 0 unspecified atom stereocenters. The molecule has 17 heavy (non-hydrogen) atoms. The lowest BCUT2D eigenvalue weighted by atomic mass is 10.3. The van der Waals surface area contributed by atoms with E-state index >= 15 is 0 Å². The Kier molecular flexibility index (Phi) is 13.5. The molecule has 0 atom stereocenters. The fourth-order valence-corrected chi connectivity index (χ4v) is 1.40. The summed E-state index contributed by atoms with van der Waals surface area (Å²) in [5.41, 5.74) is 1.02. The van der Waals surface area contributed by atoms with Crippen LogP contribution in [0.4, 0.5) is 5.69 Å². The summed E-state index contributed by atoms with van der Waals surface area (Å²) in [6.45, 7) is 2.59. The van der Waals surface area contributed by atoms with Crippen LogP contribution in [0.5, 0.6) is 5.75 Å². The van der Waals surface area contributed by atoms with E-state index in [9.17, 15) is 0 Å². The second-order valence-electron chi connectivity index (χ2n) is 3.07. The number of alkyl halides is 1. The smallest absolute Gasteiger partial charge is 0.141 e. The predicted octanol–water partition coefficient (Wildman–Crippen LogP) is 2.78. The van der Waals surface area contributed by atoms with Crippen molar-refractivity contribution < 1.29 is 4.74 Å². The van der Waals surface area contributed by atoms with E-state index in [1.165, 1.54) is 0 Å². The molecule has 3 nitrogen and oxygen atoms in total. The number of para-hydroxylation sites is 2. The highest BCUT2D eigenvalue weighted by Gasteiger charge is 1.98. The molecule has 1 aromatic carbocycles. The molecule has 2 N–H and O–H groups in total. The third kappa shape index (κ3) is 7.55. The molecule has 6 heteroatoms. The van der Waals surface area contributed by atoms with Crippen molar-refractivity contribution >= 4 is 42.1 Å². The summed E-state index contributed by atoms with van der Waals surface area (Å²) in [6, 6.07) is 7.88. The number of hydrogen-bond donors (Lipinski definition) is 2. The van der Waals surface area contributed by atoms with Gasteiger partial charge in [0.15, 0.2) is 0 Å². The van der Waals surface area contributed by atoms with E-state index < -0.39 is 0 Å². The van der Waals surface area contributed by atoms with Crippen LogP contribution >= 0.6 is 36.4 Å². The predicted molar refractivity (Wildman–Crippen MR) is 79.6 cm³/mol. The number of ether oxygens (including phenoxy) is 1. The first kappa shape index (κ1) is 19.0. The maximum Gasteiger partial charge on any atom is 0.141 e. The van der Waals surface area contributed by atoms with E-state index in [1.54, 1.807) is 7.11 Å². The lowest BCUT2D eigenvalue weighted by Gasteiger charge is -2.10. The number of rotatable bonds is 7. The zero-order valence-corrected chi connectivity index (χ0v) is 12.1. The Morgan fingerprint density at radius 2 is 1.82 bits per heavy atom. The minimum Gasteiger partial charge on any atom is -0.495 e. The summed E-state index contributed by atoms with van der Waals surface area (Å²) in [7, 11) is 1.67. The lowest BCUT2D eigenvalue weighted by molar-refractivity contribution is 0.416. The molecule has 0 bridgehead atoms. The van der Waals surface area contributed by atoms with Crippen LogP contribution in [0.3, 0.4) is 0 Å². The summed E-state index contributed by atoms with van der Waals surface area (Å²) in [5, 5.41) is 6.50. The number of halogens is 3. The van der Waals surface area contributed by atoms with Crippen LogP contribution in [-0.4, -0.2) is 32.6 Å². The highest BCUT2D eigenvalue weighted by Crippen LogP contribution is 2.22. The molecule has 0 amide bonds. The van der Waals surface area contributed by atoms with Gasteiger partial charge in [0.05, 0.1) is 12.8 Å². The van der Waals surface area contributed by atoms with Crippen molar-refractivity contribution in [3.05, 3.63) is 24.3 Å². The summed E-state index contributed by atoms with van der Waals surface area (Å²) in [4.78, 5) is 0. The SMILES string of the molecule is COc1ccccc1NCCNCCCl.Cl.Cl. The fourth-order valence-electron chi connectivity index (χ4n) is 1.27. The van der Waals surface area contributed by atoms with Gasteiger partial charge in [0.25, 0.3) is 0 Å². The van der Waals surface area contributed by atoms with Crippen LogP contribution in [0.15, 0.2) is 24.3 Å². The van der Waals surface area contributed by atoms with Crippen molar-refractivity contribution in [1.29, 1.82) is 0 Å². The van der Waals surface area contributed by atoms with E-state index in [0.29, 0.717) is 5.88 Å². The number of hydrogen-bond acceptors (Lipinski definition) is 3. The molecule has 1 aromatic rings. The summed E-state index contributed by atoms with van der Waals surface area (Å²) in [6.07, 6.45) is 0. The van der Waals surface area contributed by atoms with Crippen molar-refractivity contribution in [3.63, 3.8) is 0 Å². The lowest BCUT2D eigenvalue weighted by Crippen LogP contribution is -2.23. The Bertz CT molecular complexity index is 287. The number of nitrogens with one attached hydrogen (secondary N) is 2. The number of methoxy groups -OCH3 is 1. The second kappa shape index (κ2) is 12.1. The van der Waals surface area contributed by atoms with E-state index in [4.69, 9.17) is 16.3 Å². The van der Waals surface area contributed by atoms with Gasteiger partial charge in [-0.25, -0.2) is 0 Å². The molecule has 0 aromatic heterocycles. The molecule has 0 radical (unpaired) electrons. The molecular weight excluding hydrogens is 282 g/mol. The third-order valence-electron chi connectivity index (χ3n) is 2.00. The van der Waals surface area contributed by atoms with Gasteiger partial charge in [-0.1, -0.05) is 12.1 Å².